The summed E-state index contributed by atoms with van der Waals surface area (Å²) in [4.78, 5) is 21.9. The Morgan fingerprint density at radius 3 is 2.38 bits per heavy atom. The maximum atomic E-state index is 13.2. The minimum atomic E-state index is -0.318. The highest BCUT2D eigenvalue weighted by Gasteiger charge is 2.46. The number of anilines is 1. The average molecular weight is 371 g/mol. The van der Waals surface area contributed by atoms with Gasteiger partial charge in [0.1, 0.15) is 5.82 Å². The number of amides is 1. The molecule has 2 saturated heterocycles. The number of carbonyl (C=O) groups excluding carboxylic acids is 1. The molecular weight excluding hydrogens is 348 g/mol. The Balaban J connectivity index is 1.41. The van der Waals surface area contributed by atoms with Gasteiger partial charge in [-0.3, -0.25) is 4.79 Å². The standard InChI is InChI=1S/C20H23ClN4O/c21-17-6-4-16(5-7-17)13-20(14-22-15-20)19(26)25-11-9-24(10-12-25)18-3-1-2-8-23-18/h1-8,22H,9-15H2. The number of hydrogen-bond acceptors (Lipinski definition) is 4. The quantitative estimate of drug-likeness (QED) is 0.896. The molecule has 2 aliphatic rings. The number of rotatable bonds is 4. The number of hydrogen-bond donors (Lipinski definition) is 1. The van der Waals surface area contributed by atoms with E-state index < -0.39 is 0 Å². The van der Waals surface area contributed by atoms with Crippen LogP contribution in [-0.2, 0) is 11.2 Å². The van der Waals surface area contributed by atoms with Crippen molar-refractivity contribution >= 4 is 23.3 Å². The third kappa shape index (κ3) is 3.41. The third-order valence-corrected chi connectivity index (χ3v) is 5.63. The van der Waals surface area contributed by atoms with Crippen molar-refractivity contribution in [2.24, 2.45) is 5.41 Å². The van der Waals surface area contributed by atoms with Gasteiger partial charge in [0.2, 0.25) is 5.91 Å². The Kier molecular flexibility index (Phi) is 4.83. The monoisotopic (exact) mass is 370 g/mol. The average Bonchev–Trinajstić information content (AvgIpc) is 2.66. The molecule has 136 valence electrons. The van der Waals surface area contributed by atoms with Gasteiger partial charge >= 0.3 is 0 Å². The number of carbonyl (C=O) groups is 1. The molecule has 1 aromatic carbocycles. The van der Waals surface area contributed by atoms with Crippen molar-refractivity contribution in [3.63, 3.8) is 0 Å². The van der Waals surface area contributed by atoms with Crippen LogP contribution >= 0.6 is 11.6 Å². The number of piperazine rings is 1. The number of nitrogens with zero attached hydrogens (tertiary/aromatic N) is 3. The van der Waals surface area contributed by atoms with Gasteiger partial charge < -0.3 is 15.1 Å². The zero-order valence-electron chi connectivity index (χ0n) is 14.7. The second-order valence-corrected chi connectivity index (χ2v) is 7.59. The highest BCUT2D eigenvalue weighted by atomic mass is 35.5. The lowest BCUT2D eigenvalue weighted by Gasteiger charge is -2.46. The van der Waals surface area contributed by atoms with Gasteiger partial charge in [0, 0.05) is 50.5 Å². The predicted octanol–water partition coefficient (Wildman–Crippen LogP) is 2.22. The molecule has 2 aliphatic heterocycles. The summed E-state index contributed by atoms with van der Waals surface area (Å²) >= 11 is 5.98. The molecular formula is C20H23ClN4O. The normalized spacial score (nSPS) is 19.1. The number of pyridine rings is 1. The maximum Gasteiger partial charge on any atom is 0.231 e. The lowest BCUT2D eigenvalue weighted by Crippen LogP contribution is -2.65. The highest BCUT2D eigenvalue weighted by Crippen LogP contribution is 2.31. The van der Waals surface area contributed by atoms with Crippen LogP contribution in [0.5, 0.6) is 0 Å². The van der Waals surface area contributed by atoms with Gasteiger partial charge in [-0.1, -0.05) is 29.8 Å². The van der Waals surface area contributed by atoms with Gasteiger partial charge in [0.25, 0.3) is 0 Å². The topological polar surface area (TPSA) is 48.5 Å². The van der Waals surface area contributed by atoms with Crippen molar-refractivity contribution in [1.29, 1.82) is 0 Å². The second kappa shape index (κ2) is 7.25. The summed E-state index contributed by atoms with van der Waals surface area (Å²) in [7, 11) is 0. The smallest absolute Gasteiger partial charge is 0.231 e. The Labute approximate surface area is 159 Å². The van der Waals surface area contributed by atoms with Gasteiger partial charge in [0.15, 0.2) is 0 Å². The first-order valence-electron chi connectivity index (χ1n) is 9.07. The van der Waals surface area contributed by atoms with E-state index in [2.05, 4.69) is 15.2 Å². The molecule has 4 rings (SSSR count). The van der Waals surface area contributed by atoms with Gasteiger partial charge in [-0.15, -0.1) is 0 Å². The first kappa shape index (κ1) is 17.3. The van der Waals surface area contributed by atoms with E-state index >= 15 is 0 Å². The van der Waals surface area contributed by atoms with E-state index in [0.29, 0.717) is 0 Å². The van der Waals surface area contributed by atoms with Gasteiger partial charge in [-0.25, -0.2) is 4.98 Å². The second-order valence-electron chi connectivity index (χ2n) is 7.15. The lowest BCUT2D eigenvalue weighted by atomic mass is 9.75. The number of halogens is 1. The first-order valence-corrected chi connectivity index (χ1v) is 9.45. The molecule has 0 saturated carbocycles. The molecule has 6 heteroatoms. The Morgan fingerprint density at radius 2 is 1.81 bits per heavy atom. The Morgan fingerprint density at radius 1 is 1.08 bits per heavy atom. The molecule has 0 atom stereocenters. The fourth-order valence-electron chi connectivity index (χ4n) is 3.79. The summed E-state index contributed by atoms with van der Waals surface area (Å²) in [6, 6.07) is 13.8. The molecule has 0 spiro atoms. The van der Waals surface area contributed by atoms with Gasteiger partial charge in [0.05, 0.1) is 5.41 Å². The van der Waals surface area contributed by atoms with E-state index in [4.69, 9.17) is 11.6 Å². The largest absolute Gasteiger partial charge is 0.353 e. The zero-order chi connectivity index (χ0) is 18.0. The molecule has 1 amide bonds. The minimum absolute atomic E-state index is 0.270. The van der Waals surface area contributed by atoms with Crippen LogP contribution in [0.3, 0.4) is 0 Å². The van der Waals surface area contributed by atoms with E-state index in [1.165, 1.54) is 0 Å². The van der Waals surface area contributed by atoms with E-state index in [0.717, 1.165) is 62.1 Å². The van der Waals surface area contributed by atoms with Crippen molar-refractivity contribution in [3.8, 4) is 0 Å². The summed E-state index contributed by atoms with van der Waals surface area (Å²) in [5.74, 6) is 1.26. The summed E-state index contributed by atoms with van der Waals surface area (Å²) in [5.41, 5.74) is 0.845. The summed E-state index contributed by atoms with van der Waals surface area (Å²) < 4.78 is 0. The molecule has 0 bridgehead atoms. The number of nitrogens with one attached hydrogen (secondary N) is 1. The SMILES string of the molecule is O=C(N1CCN(c2ccccn2)CC1)C1(Cc2ccc(Cl)cc2)CNC1. The molecule has 26 heavy (non-hydrogen) atoms. The fourth-order valence-corrected chi connectivity index (χ4v) is 3.91. The third-order valence-electron chi connectivity index (χ3n) is 5.38. The Bertz CT molecular complexity index is 753. The van der Waals surface area contributed by atoms with E-state index in [1.54, 1.807) is 0 Å². The molecule has 1 aromatic heterocycles. The van der Waals surface area contributed by atoms with E-state index in [-0.39, 0.29) is 11.3 Å². The molecule has 2 fully saturated rings. The summed E-state index contributed by atoms with van der Waals surface area (Å²) in [5, 5.41) is 4.02. The van der Waals surface area contributed by atoms with Crippen LogP contribution in [0.2, 0.25) is 5.02 Å². The molecule has 0 unspecified atom stereocenters. The van der Waals surface area contributed by atoms with Crippen LogP contribution in [0.15, 0.2) is 48.7 Å². The number of benzene rings is 1. The van der Waals surface area contributed by atoms with Gasteiger partial charge in [-0.05, 0) is 36.2 Å². The van der Waals surface area contributed by atoms with Crippen molar-refractivity contribution in [3.05, 3.63) is 59.2 Å². The molecule has 0 aliphatic carbocycles. The van der Waals surface area contributed by atoms with Crippen LogP contribution in [0, 0.1) is 5.41 Å². The van der Waals surface area contributed by atoms with Crippen LogP contribution in [0.25, 0.3) is 0 Å². The van der Waals surface area contributed by atoms with Crippen molar-refractivity contribution in [2.45, 2.75) is 6.42 Å². The van der Waals surface area contributed by atoms with Crippen LogP contribution in [0.1, 0.15) is 5.56 Å². The Hall–Kier alpha value is -2.11. The maximum absolute atomic E-state index is 13.2. The minimum Gasteiger partial charge on any atom is -0.353 e. The van der Waals surface area contributed by atoms with Crippen LogP contribution < -0.4 is 10.2 Å². The lowest BCUT2D eigenvalue weighted by molar-refractivity contribution is -0.145. The number of aromatic nitrogens is 1. The van der Waals surface area contributed by atoms with Crippen LogP contribution in [-0.4, -0.2) is 55.1 Å². The first-order chi connectivity index (χ1) is 12.7. The molecule has 1 N–H and O–H groups in total. The highest BCUT2D eigenvalue weighted by molar-refractivity contribution is 6.30. The molecule has 3 heterocycles. The van der Waals surface area contributed by atoms with Gasteiger partial charge in [-0.2, -0.15) is 0 Å². The molecule has 5 nitrogen and oxygen atoms in total. The fraction of sp³-hybridized carbons (Fsp3) is 0.400. The van der Waals surface area contributed by atoms with E-state index in [1.807, 2.05) is 53.6 Å². The zero-order valence-corrected chi connectivity index (χ0v) is 15.5. The molecule has 2 aromatic rings. The van der Waals surface area contributed by atoms with E-state index in [9.17, 15) is 4.79 Å². The van der Waals surface area contributed by atoms with Crippen molar-refractivity contribution in [1.82, 2.24) is 15.2 Å². The predicted molar refractivity (Wildman–Crippen MR) is 103 cm³/mol. The summed E-state index contributed by atoms with van der Waals surface area (Å²) in [6.07, 6.45) is 2.57. The summed E-state index contributed by atoms with van der Waals surface area (Å²) in [6.45, 7) is 4.64. The van der Waals surface area contributed by atoms with Crippen LogP contribution in [0.4, 0.5) is 5.82 Å². The van der Waals surface area contributed by atoms with Crippen molar-refractivity contribution < 1.29 is 4.79 Å². The van der Waals surface area contributed by atoms with Crippen molar-refractivity contribution in [2.75, 3.05) is 44.2 Å². The molecule has 0 radical (unpaired) electrons.